The van der Waals surface area contributed by atoms with Gasteiger partial charge in [0.05, 0.1) is 19.8 Å². The maximum Gasteiger partial charge on any atom is 0.122 e. The number of benzene rings is 1. The zero-order valence-corrected chi connectivity index (χ0v) is 12.2. The number of hydrogen-bond donors (Lipinski definition) is 1. The van der Waals surface area contributed by atoms with E-state index in [4.69, 9.17) is 4.74 Å². The number of aromatic nitrogens is 2. The average Bonchev–Trinajstić information content (AvgIpc) is 2.84. The molecule has 2 rings (SSSR count). The molecule has 1 atom stereocenters. The van der Waals surface area contributed by atoms with Crippen molar-refractivity contribution in [2.45, 2.75) is 12.6 Å². The third-order valence-electron chi connectivity index (χ3n) is 3.30. The summed E-state index contributed by atoms with van der Waals surface area (Å²) >= 11 is 0. The molecule has 0 aliphatic rings. The van der Waals surface area contributed by atoms with Crippen LogP contribution in [-0.4, -0.2) is 40.3 Å². The van der Waals surface area contributed by atoms with Gasteiger partial charge < -0.3 is 14.4 Å². The largest absolute Gasteiger partial charge is 0.497 e. The molecule has 0 radical (unpaired) electrons. The van der Waals surface area contributed by atoms with Gasteiger partial charge in [0.1, 0.15) is 11.6 Å². The van der Waals surface area contributed by atoms with Crippen molar-refractivity contribution in [3.8, 4) is 5.75 Å². The number of aliphatic hydroxyl groups excluding tert-OH is 1. The molecule has 1 aromatic heterocycles. The molecule has 5 heteroatoms. The number of aliphatic hydroxyl groups is 1. The fraction of sp³-hybridized carbons (Fsp3) is 0.400. The Morgan fingerprint density at radius 3 is 2.90 bits per heavy atom. The molecule has 5 nitrogen and oxygen atoms in total. The zero-order valence-electron chi connectivity index (χ0n) is 12.2. The number of hydrogen-bond acceptors (Lipinski definition) is 4. The summed E-state index contributed by atoms with van der Waals surface area (Å²) < 4.78 is 7.15. The van der Waals surface area contributed by atoms with Crippen LogP contribution in [0.3, 0.4) is 0 Å². The highest BCUT2D eigenvalue weighted by Crippen LogP contribution is 2.20. The van der Waals surface area contributed by atoms with Gasteiger partial charge in [-0.2, -0.15) is 0 Å². The Morgan fingerprint density at radius 2 is 2.25 bits per heavy atom. The zero-order chi connectivity index (χ0) is 14.5. The fourth-order valence-corrected chi connectivity index (χ4v) is 2.10. The van der Waals surface area contributed by atoms with Crippen LogP contribution in [0.5, 0.6) is 5.75 Å². The van der Waals surface area contributed by atoms with Gasteiger partial charge in [-0.3, -0.25) is 4.90 Å². The number of nitrogens with zero attached hydrogens (tertiary/aromatic N) is 3. The topological polar surface area (TPSA) is 50.5 Å². The summed E-state index contributed by atoms with van der Waals surface area (Å²) in [5, 5.41) is 10.3. The van der Waals surface area contributed by atoms with Gasteiger partial charge in [0.25, 0.3) is 0 Å². The lowest BCUT2D eigenvalue weighted by molar-refractivity contribution is 0.122. The first-order valence-corrected chi connectivity index (χ1v) is 6.57. The first-order chi connectivity index (χ1) is 9.60. The van der Waals surface area contributed by atoms with Crippen molar-refractivity contribution in [1.29, 1.82) is 0 Å². The third-order valence-corrected chi connectivity index (χ3v) is 3.30. The molecule has 1 aromatic carbocycles. The molecule has 108 valence electrons. The van der Waals surface area contributed by atoms with E-state index in [9.17, 15) is 5.11 Å². The van der Waals surface area contributed by atoms with Crippen molar-refractivity contribution in [1.82, 2.24) is 14.5 Å². The normalized spacial score (nSPS) is 12.7. The van der Waals surface area contributed by atoms with Crippen molar-refractivity contribution >= 4 is 0 Å². The van der Waals surface area contributed by atoms with Gasteiger partial charge in [0, 0.05) is 26.0 Å². The molecule has 0 aliphatic carbocycles. The maximum atomic E-state index is 10.3. The summed E-state index contributed by atoms with van der Waals surface area (Å²) in [5.74, 6) is 1.73. The van der Waals surface area contributed by atoms with E-state index in [-0.39, 0.29) is 0 Å². The van der Waals surface area contributed by atoms with Crippen LogP contribution in [0.1, 0.15) is 17.5 Å². The van der Waals surface area contributed by atoms with Crippen LogP contribution >= 0.6 is 0 Å². The van der Waals surface area contributed by atoms with Crippen LogP contribution in [0, 0.1) is 0 Å². The number of methoxy groups -OCH3 is 1. The second-order valence-corrected chi connectivity index (χ2v) is 4.94. The molecule has 0 bridgehead atoms. The van der Waals surface area contributed by atoms with Gasteiger partial charge in [-0.1, -0.05) is 12.1 Å². The molecule has 1 heterocycles. The summed E-state index contributed by atoms with van der Waals surface area (Å²) in [6, 6.07) is 7.52. The number of rotatable bonds is 6. The van der Waals surface area contributed by atoms with Gasteiger partial charge in [-0.25, -0.2) is 4.98 Å². The Kier molecular flexibility index (Phi) is 4.76. The van der Waals surface area contributed by atoms with Crippen LogP contribution < -0.4 is 4.74 Å². The minimum absolute atomic E-state index is 0.542. The maximum absolute atomic E-state index is 10.3. The molecule has 1 unspecified atom stereocenters. The van der Waals surface area contributed by atoms with Crippen LogP contribution in [0.15, 0.2) is 36.7 Å². The molecule has 0 saturated heterocycles. The number of imidazole rings is 1. The molecule has 0 fully saturated rings. The minimum atomic E-state index is -0.546. The predicted octanol–water partition coefficient (Wildman–Crippen LogP) is 1.59. The van der Waals surface area contributed by atoms with E-state index in [1.807, 2.05) is 54.0 Å². The number of ether oxygens (including phenoxy) is 1. The quantitative estimate of drug-likeness (QED) is 0.870. The molecular weight excluding hydrogens is 254 g/mol. The molecule has 2 aromatic rings. The Bertz CT molecular complexity index is 554. The van der Waals surface area contributed by atoms with Gasteiger partial charge >= 0.3 is 0 Å². The molecular formula is C15H21N3O2. The highest BCUT2D eigenvalue weighted by molar-refractivity contribution is 5.29. The van der Waals surface area contributed by atoms with Crippen LogP contribution in [0.4, 0.5) is 0 Å². The van der Waals surface area contributed by atoms with E-state index < -0.39 is 6.10 Å². The third kappa shape index (κ3) is 3.59. The van der Waals surface area contributed by atoms with Crippen molar-refractivity contribution in [2.75, 3.05) is 20.7 Å². The first-order valence-electron chi connectivity index (χ1n) is 6.57. The van der Waals surface area contributed by atoms with Crippen LogP contribution in [0.2, 0.25) is 0 Å². The highest BCUT2D eigenvalue weighted by Gasteiger charge is 2.13. The minimum Gasteiger partial charge on any atom is -0.497 e. The van der Waals surface area contributed by atoms with Gasteiger partial charge in [-0.15, -0.1) is 0 Å². The van der Waals surface area contributed by atoms with Crippen molar-refractivity contribution in [3.63, 3.8) is 0 Å². The van der Waals surface area contributed by atoms with Crippen LogP contribution in [0.25, 0.3) is 0 Å². The van der Waals surface area contributed by atoms with E-state index in [2.05, 4.69) is 4.98 Å². The van der Waals surface area contributed by atoms with E-state index in [0.29, 0.717) is 13.1 Å². The predicted molar refractivity (Wildman–Crippen MR) is 77.5 cm³/mol. The Labute approximate surface area is 119 Å². The van der Waals surface area contributed by atoms with Gasteiger partial charge in [-0.05, 0) is 24.7 Å². The highest BCUT2D eigenvalue weighted by atomic mass is 16.5. The smallest absolute Gasteiger partial charge is 0.122 e. The van der Waals surface area contributed by atoms with Crippen LogP contribution in [-0.2, 0) is 13.6 Å². The summed E-state index contributed by atoms with van der Waals surface area (Å²) in [7, 11) is 5.56. The lowest BCUT2D eigenvalue weighted by atomic mass is 10.1. The lowest BCUT2D eigenvalue weighted by Gasteiger charge is -2.20. The number of likely N-dealkylation sites (N-methyl/N-ethyl adjacent to an activating group) is 1. The van der Waals surface area contributed by atoms with Crippen molar-refractivity contribution in [3.05, 3.63) is 48.0 Å². The number of aryl methyl sites for hydroxylation is 1. The van der Waals surface area contributed by atoms with Crippen molar-refractivity contribution < 1.29 is 9.84 Å². The average molecular weight is 275 g/mol. The van der Waals surface area contributed by atoms with Gasteiger partial charge in [0.2, 0.25) is 0 Å². The Balaban J connectivity index is 1.96. The Morgan fingerprint density at radius 1 is 1.45 bits per heavy atom. The van der Waals surface area contributed by atoms with Gasteiger partial charge in [0.15, 0.2) is 0 Å². The molecule has 0 saturated carbocycles. The van der Waals surface area contributed by atoms with E-state index in [1.54, 1.807) is 13.3 Å². The summed E-state index contributed by atoms with van der Waals surface area (Å²) in [4.78, 5) is 6.33. The molecule has 0 aliphatic heterocycles. The monoisotopic (exact) mass is 275 g/mol. The lowest BCUT2D eigenvalue weighted by Crippen LogP contribution is -2.25. The summed E-state index contributed by atoms with van der Waals surface area (Å²) in [5.41, 5.74) is 0.857. The first kappa shape index (κ1) is 14.6. The van der Waals surface area contributed by atoms with E-state index in [0.717, 1.165) is 17.1 Å². The Hall–Kier alpha value is -1.85. The second-order valence-electron chi connectivity index (χ2n) is 4.94. The molecule has 20 heavy (non-hydrogen) atoms. The van der Waals surface area contributed by atoms with E-state index >= 15 is 0 Å². The molecule has 0 spiro atoms. The second kappa shape index (κ2) is 6.54. The summed E-state index contributed by atoms with van der Waals surface area (Å²) in [6.45, 7) is 1.24. The van der Waals surface area contributed by atoms with Crippen molar-refractivity contribution in [2.24, 2.45) is 7.05 Å². The standard InChI is InChI=1S/C15H21N3O2/c1-17(11-15-16-7-8-18(15)2)10-14(19)12-5-4-6-13(9-12)20-3/h4-9,14,19H,10-11H2,1-3H3. The van der Waals surface area contributed by atoms with E-state index in [1.165, 1.54) is 0 Å². The molecule has 1 N–H and O–H groups in total. The summed E-state index contributed by atoms with van der Waals surface area (Å²) in [6.07, 6.45) is 3.15. The SMILES string of the molecule is COc1cccc(C(O)CN(C)Cc2nccn2C)c1. The molecule has 0 amide bonds. The fourth-order valence-electron chi connectivity index (χ4n) is 2.10.